The van der Waals surface area contributed by atoms with Crippen molar-refractivity contribution in [3.8, 4) is 0 Å². The van der Waals surface area contributed by atoms with Crippen molar-refractivity contribution in [2.24, 2.45) is 0 Å². The second kappa shape index (κ2) is 14.3. The minimum atomic E-state index is 0. The van der Waals surface area contributed by atoms with Crippen LogP contribution in [-0.4, -0.2) is 0 Å². The minimum absolute atomic E-state index is 0. The molecule has 210 valence electrons. The molecule has 0 spiro atoms. The number of rotatable bonds is 2. The summed E-state index contributed by atoms with van der Waals surface area (Å²) >= 11 is 0. The molecule has 2 aromatic carbocycles. The molecule has 0 fully saturated rings. The molecule has 3 aliphatic rings. The van der Waals surface area contributed by atoms with E-state index in [0.717, 1.165) is 29.5 Å². The van der Waals surface area contributed by atoms with E-state index in [1.54, 1.807) is 0 Å². The van der Waals surface area contributed by atoms with Gasteiger partial charge in [0, 0.05) is 31.2 Å². The summed E-state index contributed by atoms with van der Waals surface area (Å²) in [5.41, 5.74) is 12.3. The Balaban J connectivity index is 0.00000180. The first-order chi connectivity index (χ1) is 16.3. The van der Waals surface area contributed by atoms with Gasteiger partial charge in [-0.15, -0.1) is 0 Å². The van der Waals surface area contributed by atoms with Gasteiger partial charge in [-0.25, -0.2) is 0 Å². The summed E-state index contributed by atoms with van der Waals surface area (Å²) in [4.78, 5) is 4.51. The Morgan fingerprint density at radius 2 is 1.05 bits per heavy atom. The van der Waals surface area contributed by atoms with E-state index >= 15 is 0 Å². The number of aryl methyl sites for hydroxylation is 6. The molecule has 3 heterocycles. The van der Waals surface area contributed by atoms with Crippen LogP contribution in [0.1, 0.15) is 39.8 Å². The fraction of sp³-hybridized carbons (Fsp3) is 0.241. The van der Waals surface area contributed by atoms with Crippen LogP contribution in [0.15, 0.2) is 84.3 Å². The smallest absolute Gasteiger partial charge is 1.00 e. The molecule has 0 saturated carbocycles. The van der Waals surface area contributed by atoms with Gasteiger partial charge in [-0.1, -0.05) is 41.5 Å². The van der Waals surface area contributed by atoms with Gasteiger partial charge in [-0.05, 0) is 69.9 Å². The van der Waals surface area contributed by atoms with Crippen LogP contribution in [0.3, 0.4) is 0 Å². The van der Waals surface area contributed by atoms with Crippen LogP contribution in [0.25, 0.3) is 0 Å². The number of hydrogen-bond acceptors (Lipinski definition) is 5. The quantitative estimate of drug-likeness (QED) is 0.370. The van der Waals surface area contributed by atoms with E-state index in [1.807, 2.05) is 12.4 Å². The van der Waals surface area contributed by atoms with E-state index < -0.39 is 0 Å². The summed E-state index contributed by atoms with van der Waals surface area (Å²) in [7, 11) is 0. The molecule has 3 aliphatic heterocycles. The molecule has 0 saturated heterocycles. The predicted octanol–water partition coefficient (Wildman–Crippen LogP) is -0.110. The summed E-state index contributed by atoms with van der Waals surface area (Å²) in [6.45, 7) is 13.0. The van der Waals surface area contributed by atoms with E-state index in [2.05, 4.69) is 116 Å². The van der Waals surface area contributed by atoms with Crippen molar-refractivity contribution in [2.45, 2.75) is 48.0 Å². The molecule has 38 heavy (non-hydrogen) atoms. The Morgan fingerprint density at radius 1 is 0.632 bits per heavy atom. The first kappa shape index (κ1) is 34.6. The van der Waals surface area contributed by atoms with Crippen molar-refractivity contribution in [3.63, 3.8) is 0 Å². The maximum absolute atomic E-state index is 3.72. The van der Waals surface area contributed by atoms with Gasteiger partial charge in [0.05, 0.1) is 22.8 Å². The number of hydrogen-bond donors (Lipinski definition) is 3. The Labute approximate surface area is 279 Å². The van der Waals surface area contributed by atoms with E-state index in [9.17, 15) is 0 Å². The number of nitrogens with zero attached hydrogens (tertiary/aromatic N) is 2. The second-order valence-electron chi connectivity index (χ2n) is 9.48. The van der Waals surface area contributed by atoms with Crippen molar-refractivity contribution >= 4 is 11.4 Å². The summed E-state index contributed by atoms with van der Waals surface area (Å²) < 4.78 is 0. The van der Waals surface area contributed by atoms with Gasteiger partial charge >= 0.3 is 44.8 Å². The normalized spacial score (nSPS) is 19.0. The second-order valence-corrected chi connectivity index (χ2v) is 9.48. The van der Waals surface area contributed by atoms with Gasteiger partial charge in [0.15, 0.2) is 0 Å². The van der Waals surface area contributed by atoms with Crippen LogP contribution >= 0.6 is 0 Å². The molecule has 5 nitrogen and oxygen atoms in total. The summed E-state index contributed by atoms with van der Waals surface area (Å²) in [6, 6.07) is 8.98. The molecule has 0 atom stereocenters. The van der Waals surface area contributed by atoms with Crippen molar-refractivity contribution in [1.29, 1.82) is 0 Å². The predicted molar refractivity (Wildman–Crippen MR) is 142 cm³/mol. The largest absolute Gasteiger partial charge is 1.00 e. The zero-order valence-electron chi connectivity index (χ0n) is 22.2. The van der Waals surface area contributed by atoms with Gasteiger partial charge in [0.1, 0.15) is 11.6 Å². The van der Waals surface area contributed by atoms with Gasteiger partial charge in [-0.3, -0.25) is 9.80 Å². The summed E-state index contributed by atoms with van der Waals surface area (Å²) in [6.07, 6.45) is 13.4. The summed E-state index contributed by atoms with van der Waals surface area (Å²) in [5.74, 6) is 2.10. The minimum Gasteiger partial charge on any atom is -1.00 e. The molecule has 2 aromatic rings. The molecular formula is C29H33Ag2Br2N5. The van der Waals surface area contributed by atoms with Crippen molar-refractivity contribution in [2.75, 3.05) is 9.80 Å². The van der Waals surface area contributed by atoms with Crippen LogP contribution < -0.4 is 59.7 Å². The first-order valence-electron chi connectivity index (χ1n) is 11.8. The standard InChI is InChI=1S/C29H33N5.2Ag.2BrH/c1-18-14-20(3)26(21(4)15-18)33-12-10-30-28(33)24-8-7-9-25(32-24)29-31-11-13-34(29)27-22(5)16-19(2)17-23(27)6;;;;/h7-8,10-17,30-32H,9H2,1-6H3;;;2*1H/q;2*+1;;/p-2/b28-24+,29-25-;;;;. The Kier molecular flexibility index (Phi) is 13.0. The molecule has 9 heteroatoms. The van der Waals surface area contributed by atoms with E-state index in [0.29, 0.717) is 0 Å². The fourth-order valence-electron chi connectivity index (χ4n) is 5.43. The van der Waals surface area contributed by atoms with Crippen LogP contribution in [0.4, 0.5) is 11.4 Å². The van der Waals surface area contributed by atoms with Crippen molar-refractivity contribution in [3.05, 3.63) is 118 Å². The zero-order chi connectivity index (χ0) is 24.0. The first-order valence-corrected chi connectivity index (χ1v) is 11.8. The number of allylic oxidation sites excluding steroid dienone is 2. The molecule has 0 unspecified atom stereocenters. The zero-order valence-corrected chi connectivity index (χ0v) is 28.4. The maximum atomic E-state index is 3.72. The maximum Gasteiger partial charge on any atom is 1.00 e. The number of nitrogens with one attached hydrogen (secondary N) is 3. The molecule has 0 bridgehead atoms. The number of anilines is 2. The van der Waals surface area contributed by atoms with Crippen LogP contribution in [0, 0.1) is 41.5 Å². The van der Waals surface area contributed by atoms with Crippen LogP contribution in [-0.2, 0) is 44.8 Å². The monoisotopic (exact) mass is 823 g/mol. The van der Waals surface area contributed by atoms with Crippen LogP contribution in [0.2, 0.25) is 0 Å². The molecular weight excluding hydrogens is 794 g/mol. The molecule has 0 aliphatic carbocycles. The molecule has 0 radical (unpaired) electrons. The Hall–Kier alpha value is -1.42. The Morgan fingerprint density at radius 3 is 1.53 bits per heavy atom. The number of benzene rings is 2. The fourth-order valence-corrected chi connectivity index (χ4v) is 5.43. The number of halogens is 2. The van der Waals surface area contributed by atoms with E-state index in [4.69, 9.17) is 0 Å². The van der Waals surface area contributed by atoms with Gasteiger partial charge in [-0.2, -0.15) is 0 Å². The molecule has 3 N–H and O–H groups in total. The molecule has 0 aromatic heterocycles. The van der Waals surface area contributed by atoms with Gasteiger partial charge < -0.3 is 49.9 Å². The SMILES string of the molecule is Cc1cc(C)c(N2C=CN/C2=C2\CC=C/C(=C3/NC=CN3c3c(C)cc(C)cc3C)N2)c(C)c1.[Ag+].[Ag+].[Br-].[Br-]. The molecule has 5 rings (SSSR count). The molecule has 0 amide bonds. The average molecular weight is 827 g/mol. The average Bonchev–Trinajstić information content (AvgIpc) is 3.43. The van der Waals surface area contributed by atoms with Crippen molar-refractivity contribution in [1.82, 2.24) is 16.0 Å². The van der Waals surface area contributed by atoms with Crippen LogP contribution in [0.5, 0.6) is 0 Å². The Bertz CT molecular complexity index is 1300. The third kappa shape index (κ3) is 6.65. The van der Waals surface area contributed by atoms with E-state index in [1.165, 1.54) is 44.8 Å². The van der Waals surface area contributed by atoms with Crippen molar-refractivity contribution < 1.29 is 78.7 Å². The summed E-state index contributed by atoms with van der Waals surface area (Å²) in [5, 5.41) is 10.7. The van der Waals surface area contributed by atoms with E-state index in [-0.39, 0.29) is 78.7 Å². The van der Waals surface area contributed by atoms with Gasteiger partial charge in [0.2, 0.25) is 0 Å². The third-order valence-electron chi connectivity index (χ3n) is 6.55. The third-order valence-corrected chi connectivity index (χ3v) is 6.55. The topological polar surface area (TPSA) is 42.6 Å². The van der Waals surface area contributed by atoms with Gasteiger partial charge in [0.25, 0.3) is 0 Å².